The highest BCUT2D eigenvalue weighted by atomic mass is 32.2. The number of benzene rings is 1. The van der Waals surface area contributed by atoms with Crippen molar-refractivity contribution < 1.29 is 17.6 Å². The summed E-state index contributed by atoms with van der Waals surface area (Å²) in [6, 6.07) is 5.92. The monoisotopic (exact) mass is 339 g/mol. The van der Waals surface area contributed by atoms with E-state index < -0.39 is 15.3 Å². The minimum atomic E-state index is -3.03. The van der Waals surface area contributed by atoms with Gasteiger partial charge in [0.15, 0.2) is 9.84 Å². The van der Waals surface area contributed by atoms with Gasteiger partial charge in [-0.05, 0) is 37.0 Å². The lowest BCUT2D eigenvalue weighted by atomic mass is 9.77. The minimum absolute atomic E-state index is 0.0243. The lowest BCUT2D eigenvalue weighted by Gasteiger charge is -2.35. The molecular weight excluding hydrogens is 317 g/mol. The van der Waals surface area contributed by atoms with Gasteiger partial charge >= 0.3 is 0 Å². The van der Waals surface area contributed by atoms with Crippen LogP contribution < -0.4 is 0 Å². The number of carbonyl (C=O) groups excluding carboxylic acids is 1. The van der Waals surface area contributed by atoms with Crippen LogP contribution in [0.1, 0.15) is 37.7 Å². The highest BCUT2D eigenvalue weighted by Gasteiger charge is 2.46. The Bertz CT molecular complexity index is 693. The summed E-state index contributed by atoms with van der Waals surface area (Å²) in [5.41, 5.74) is 0.212. The second kappa shape index (κ2) is 5.89. The Morgan fingerprint density at radius 1 is 1.22 bits per heavy atom. The third-order valence-corrected chi connectivity index (χ3v) is 7.09. The fraction of sp³-hybridized carbons (Fsp3) is 0.588. The summed E-state index contributed by atoms with van der Waals surface area (Å²) in [5, 5.41) is 0. The Morgan fingerprint density at radius 2 is 1.83 bits per heavy atom. The third kappa shape index (κ3) is 3.01. The maximum Gasteiger partial charge on any atom is 0.233 e. The molecule has 1 amide bonds. The van der Waals surface area contributed by atoms with Crippen LogP contribution in [0.25, 0.3) is 0 Å². The van der Waals surface area contributed by atoms with E-state index in [2.05, 4.69) is 0 Å². The first-order chi connectivity index (χ1) is 10.8. The molecule has 1 aromatic carbocycles. The van der Waals surface area contributed by atoms with Crippen LogP contribution in [0.4, 0.5) is 4.39 Å². The van der Waals surface area contributed by atoms with Gasteiger partial charge in [-0.1, -0.05) is 25.0 Å². The maximum absolute atomic E-state index is 13.2. The first-order valence-electron chi connectivity index (χ1n) is 8.08. The van der Waals surface area contributed by atoms with Crippen LogP contribution in [0.3, 0.4) is 0 Å². The van der Waals surface area contributed by atoms with Crippen molar-refractivity contribution in [2.24, 2.45) is 0 Å². The van der Waals surface area contributed by atoms with Crippen LogP contribution in [-0.4, -0.2) is 43.8 Å². The van der Waals surface area contributed by atoms with Crippen molar-refractivity contribution in [2.75, 3.05) is 18.6 Å². The Balaban J connectivity index is 1.89. The highest BCUT2D eigenvalue weighted by molar-refractivity contribution is 7.91. The number of halogens is 1. The number of hydrogen-bond acceptors (Lipinski definition) is 3. The fourth-order valence-electron chi connectivity index (χ4n) is 3.96. The minimum Gasteiger partial charge on any atom is -0.341 e. The van der Waals surface area contributed by atoms with Gasteiger partial charge in [0, 0.05) is 13.1 Å². The SMILES string of the molecule is CN(C(=O)C1(c2ccc(F)cc2)CCCC1)C1CCS(=O)(=O)C1. The number of rotatable bonds is 3. The average molecular weight is 339 g/mol. The van der Waals surface area contributed by atoms with Gasteiger partial charge in [0.1, 0.15) is 5.82 Å². The van der Waals surface area contributed by atoms with Crippen LogP contribution in [0.5, 0.6) is 0 Å². The van der Waals surface area contributed by atoms with Gasteiger partial charge in [-0.15, -0.1) is 0 Å². The van der Waals surface area contributed by atoms with E-state index in [9.17, 15) is 17.6 Å². The molecule has 0 radical (unpaired) electrons. The molecule has 1 unspecified atom stereocenters. The quantitative estimate of drug-likeness (QED) is 0.849. The second-order valence-electron chi connectivity index (χ2n) is 6.77. The molecule has 2 fully saturated rings. The normalized spacial score (nSPS) is 25.4. The third-order valence-electron chi connectivity index (χ3n) is 5.34. The summed E-state index contributed by atoms with van der Waals surface area (Å²) in [6.07, 6.45) is 3.90. The van der Waals surface area contributed by atoms with Crippen LogP contribution in [0.15, 0.2) is 24.3 Å². The predicted molar refractivity (Wildman–Crippen MR) is 86.4 cm³/mol. The molecule has 1 atom stereocenters. The molecule has 1 saturated carbocycles. The average Bonchev–Trinajstić information content (AvgIpc) is 3.14. The van der Waals surface area contributed by atoms with Gasteiger partial charge in [0.25, 0.3) is 0 Å². The van der Waals surface area contributed by atoms with Crippen molar-refractivity contribution >= 4 is 15.7 Å². The molecule has 0 spiro atoms. The van der Waals surface area contributed by atoms with Crippen LogP contribution in [0, 0.1) is 5.82 Å². The van der Waals surface area contributed by atoms with Gasteiger partial charge < -0.3 is 4.90 Å². The van der Waals surface area contributed by atoms with Crippen molar-refractivity contribution in [3.05, 3.63) is 35.6 Å². The van der Waals surface area contributed by atoms with Gasteiger partial charge in [0.2, 0.25) is 5.91 Å². The Labute approximate surface area is 136 Å². The molecule has 1 aromatic rings. The molecule has 1 saturated heterocycles. The lowest BCUT2D eigenvalue weighted by molar-refractivity contribution is -0.137. The molecule has 23 heavy (non-hydrogen) atoms. The molecule has 6 heteroatoms. The fourth-order valence-corrected chi connectivity index (χ4v) is 5.73. The van der Waals surface area contributed by atoms with Gasteiger partial charge in [-0.25, -0.2) is 12.8 Å². The number of likely N-dealkylation sites (N-methyl/N-ethyl adjacent to an activating group) is 1. The number of nitrogens with zero attached hydrogens (tertiary/aromatic N) is 1. The largest absolute Gasteiger partial charge is 0.341 e. The van der Waals surface area contributed by atoms with E-state index in [1.54, 1.807) is 24.1 Å². The maximum atomic E-state index is 13.2. The number of carbonyl (C=O) groups is 1. The molecular formula is C17H22FNO3S. The van der Waals surface area contributed by atoms with Crippen LogP contribution >= 0.6 is 0 Å². The molecule has 1 aliphatic carbocycles. The van der Waals surface area contributed by atoms with Gasteiger partial charge in [-0.3, -0.25) is 4.79 Å². The van der Waals surface area contributed by atoms with E-state index >= 15 is 0 Å². The zero-order chi connectivity index (χ0) is 16.7. The summed E-state index contributed by atoms with van der Waals surface area (Å²) in [4.78, 5) is 14.8. The summed E-state index contributed by atoms with van der Waals surface area (Å²) >= 11 is 0. The van der Waals surface area contributed by atoms with Crippen LogP contribution in [-0.2, 0) is 20.0 Å². The standard InChI is InChI=1S/C17H22FNO3S/c1-19(15-8-11-23(21,22)12-15)16(20)17(9-2-3-10-17)13-4-6-14(18)7-5-13/h4-7,15H,2-3,8-12H2,1H3. The van der Waals surface area contributed by atoms with Crippen molar-refractivity contribution in [2.45, 2.75) is 43.6 Å². The predicted octanol–water partition coefficient (Wildman–Crippen LogP) is 2.28. The number of hydrogen-bond donors (Lipinski definition) is 0. The summed E-state index contributed by atoms with van der Waals surface area (Å²) < 4.78 is 36.6. The molecule has 0 N–H and O–H groups in total. The summed E-state index contributed by atoms with van der Waals surface area (Å²) in [5.74, 6) is -0.138. The van der Waals surface area contributed by atoms with E-state index in [-0.39, 0.29) is 29.3 Å². The number of amides is 1. The first kappa shape index (κ1) is 16.4. The zero-order valence-corrected chi connectivity index (χ0v) is 14.1. The van der Waals surface area contributed by atoms with E-state index in [4.69, 9.17) is 0 Å². The van der Waals surface area contributed by atoms with Gasteiger partial charge in [-0.2, -0.15) is 0 Å². The molecule has 0 bridgehead atoms. The topological polar surface area (TPSA) is 54.5 Å². The van der Waals surface area contributed by atoms with E-state index in [0.717, 1.165) is 31.2 Å². The number of sulfone groups is 1. The second-order valence-corrected chi connectivity index (χ2v) is 9.00. The van der Waals surface area contributed by atoms with Gasteiger partial charge in [0.05, 0.1) is 16.9 Å². The van der Waals surface area contributed by atoms with Crippen molar-refractivity contribution in [3.8, 4) is 0 Å². The first-order valence-corrected chi connectivity index (χ1v) is 9.90. The molecule has 4 nitrogen and oxygen atoms in total. The van der Waals surface area contributed by atoms with Crippen molar-refractivity contribution in [1.82, 2.24) is 4.90 Å². The Hall–Kier alpha value is -1.43. The van der Waals surface area contributed by atoms with Crippen molar-refractivity contribution in [3.63, 3.8) is 0 Å². The zero-order valence-electron chi connectivity index (χ0n) is 13.3. The van der Waals surface area contributed by atoms with E-state index in [1.807, 2.05) is 0 Å². The molecule has 126 valence electrons. The van der Waals surface area contributed by atoms with E-state index in [0.29, 0.717) is 6.42 Å². The van der Waals surface area contributed by atoms with E-state index in [1.165, 1.54) is 12.1 Å². The summed E-state index contributed by atoms with van der Waals surface area (Å²) in [7, 11) is -1.33. The van der Waals surface area contributed by atoms with Crippen LogP contribution in [0.2, 0.25) is 0 Å². The summed E-state index contributed by atoms with van der Waals surface area (Å²) in [6.45, 7) is 0. The molecule has 1 aliphatic heterocycles. The lowest BCUT2D eigenvalue weighted by Crippen LogP contribution is -2.48. The van der Waals surface area contributed by atoms with Crippen molar-refractivity contribution in [1.29, 1.82) is 0 Å². The smallest absolute Gasteiger partial charge is 0.233 e. The molecule has 0 aromatic heterocycles. The highest BCUT2D eigenvalue weighted by Crippen LogP contribution is 2.43. The molecule has 1 heterocycles. The molecule has 2 aliphatic rings. The Kier molecular flexibility index (Phi) is 4.21. The molecule has 3 rings (SSSR count). The Morgan fingerprint density at radius 3 is 2.35 bits per heavy atom.